The molecule has 1 heterocycles. The maximum Gasteiger partial charge on any atom is 0.227 e. The fourth-order valence-electron chi connectivity index (χ4n) is 2.71. The Kier molecular flexibility index (Phi) is 5.99. The molecule has 0 unspecified atom stereocenters. The third-order valence-electron chi connectivity index (χ3n) is 4.25. The second kappa shape index (κ2) is 8.30. The van der Waals surface area contributed by atoms with Crippen LogP contribution in [-0.2, 0) is 32.5 Å². The number of rotatable bonds is 7. The fourth-order valence-corrected chi connectivity index (χ4v) is 4.04. The van der Waals surface area contributed by atoms with Crippen molar-refractivity contribution in [2.24, 2.45) is 0 Å². The Hall–Kier alpha value is -2.78. The van der Waals surface area contributed by atoms with E-state index in [0.29, 0.717) is 29.4 Å². The van der Waals surface area contributed by atoms with Crippen molar-refractivity contribution in [1.29, 1.82) is 0 Å². The molecule has 2 aromatic carbocycles. The van der Waals surface area contributed by atoms with E-state index < -0.39 is 19.7 Å². The topological polar surface area (TPSA) is 106 Å². The zero-order valence-corrected chi connectivity index (χ0v) is 17.7. The molecular formula is C20H21N3O4S2. The zero-order valence-electron chi connectivity index (χ0n) is 16.0. The summed E-state index contributed by atoms with van der Waals surface area (Å²) in [7, 11) is -6.48. The molecule has 0 amide bonds. The van der Waals surface area contributed by atoms with Crippen LogP contribution in [0.5, 0.6) is 0 Å². The van der Waals surface area contributed by atoms with E-state index in [9.17, 15) is 16.8 Å². The van der Waals surface area contributed by atoms with Crippen LogP contribution < -0.4 is 5.32 Å². The van der Waals surface area contributed by atoms with E-state index in [-0.39, 0.29) is 4.90 Å². The summed E-state index contributed by atoms with van der Waals surface area (Å²) in [4.78, 5) is 9.20. The summed E-state index contributed by atoms with van der Waals surface area (Å²) in [5, 5.41) is 3.05. The first-order valence-electron chi connectivity index (χ1n) is 8.79. The van der Waals surface area contributed by atoms with Crippen LogP contribution in [0, 0.1) is 0 Å². The van der Waals surface area contributed by atoms with Crippen LogP contribution in [0.25, 0.3) is 0 Å². The minimum Gasteiger partial charge on any atom is -0.324 e. The van der Waals surface area contributed by atoms with E-state index in [1.54, 1.807) is 42.6 Å². The van der Waals surface area contributed by atoms with Crippen LogP contribution in [-0.4, -0.2) is 39.3 Å². The number of nitrogens with one attached hydrogen (secondary N) is 1. The van der Waals surface area contributed by atoms with Gasteiger partial charge in [0.1, 0.15) is 0 Å². The van der Waals surface area contributed by atoms with Gasteiger partial charge in [0.15, 0.2) is 19.7 Å². The van der Waals surface area contributed by atoms with Crippen molar-refractivity contribution >= 4 is 31.3 Å². The van der Waals surface area contributed by atoms with Gasteiger partial charge < -0.3 is 5.32 Å². The Morgan fingerprint density at radius 2 is 1.52 bits per heavy atom. The number of sulfone groups is 2. The van der Waals surface area contributed by atoms with E-state index in [0.717, 1.165) is 17.5 Å². The molecule has 3 aromatic rings. The van der Waals surface area contributed by atoms with Crippen LogP contribution in [0.1, 0.15) is 11.3 Å². The number of anilines is 2. The van der Waals surface area contributed by atoms with Gasteiger partial charge in [0.05, 0.1) is 9.79 Å². The normalized spacial score (nSPS) is 11.9. The Morgan fingerprint density at radius 3 is 2.17 bits per heavy atom. The van der Waals surface area contributed by atoms with E-state index in [4.69, 9.17) is 0 Å². The number of aryl methyl sites for hydroxylation is 2. The lowest BCUT2D eigenvalue weighted by Crippen LogP contribution is -2.02. The number of hydrogen-bond donors (Lipinski definition) is 1. The standard InChI is InChI=1S/C20H21N3O4S2/c1-28(24,25)18-10-8-16(9-11-18)22-20-21-13-12-17(23-20)7-6-15-4-3-5-19(14-15)29(2,26)27/h3-5,8-14H,6-7H2,1-2H3,(H,21,22,23). The maximum atomic E-state index is 11.7. The number of hydrogen-bond acceptors (Lipinski definition) is 7. The van der Waals surface area contributed by atoms with Gasteiger partial charge in [0, 0.05) is 30.1 Å². The summed E-state index contributed by atoms with van der Waals surface area (Å²) in [6.07, 6.45) is 5.26. The summed E-state index contributed by atoms with van der Waals surface area (Å²) in [6.45, 7) is 0. The molecule has 152 valence electrons. The van der Waals surface area contributed by atoms with Gasteiger partial charge in [-0.15, -0.1) is 0 Å². The molecule has 7 nitrogen and oxygen atoms in total. The van der Waals surface area contributed by atoms with Crippen LogP contribution >= 0.6 is 0 Å². The van der Waals surface area contributed by atoms with Gasteiger partial charge in [0.25, 0.3) is 0 Å². The molecule has 0 saturated heterocycles. The molecule has 0 atom stereocenters. The average molecular weight is 432 g/mol. The highest BCUT2D eigenvalue weighted by Gasteiger charge is 2.09. The van der Waals surface area contributed by atoms with E-state index in [1.165, 1.54) is 18.4 Å². The molecule has 0 aliphatic heterocycles. The number of aromatic nitrogens is 2. The first kappa shape index (κ1) is 20.9. The van der Waals surface area contributed by atoms with Crippen LogP contribution in [0.2, 0.25) is 0 Å². The van der Waals surface area contributed by atoms with Gasteiger partial charge in [-0.05, 0) is 60.9 Å². The van der Waals surface area contributed by atoms with Gasteiger partial charge in [-0.1, -0.05) is 12.1 Å². The Balaban J connectivity index is 1.69. The predicted molar refractivity (Wildman–Crippen MR) is 112 cm³/mol. The van der Waals surface area contributed by atoms with Crippen molar-refractivity contribution in [2.75, 3.05) is 17.8 Å². The lowest BCUT2D eigenvalue weighted by Gasteiger charge is -2.08. The SMILES string of the molecule is CS(=O)(=O)c1ccc(Nc2nccc(CCc3cccc(S(C)(=O)=O)c3)n2)cc1. The van der Waals surface area contributed by atoms with Gasteiger partial charge >= 0.3 is 0 Å². The minimum atomic E-state index is -3.24. The minimum absolute atomic E-state index is 0.244. The maximum absolute atomic E-state index is 11.7. The second-order valence-corrected chi connectivity index (χ2v) is 10.7. The average Bonchev–Trinajstić information content (AvgIpc) is 2.66. The third kappa shape index (κ3) is 5.85. The molecule has 3 rings (SSSR count). The lowest BCUT2D eigenvalue weighted by molar-refractivity contribution is 0.600. The number of nitrogens with zero attached hydrogens (tertiary/aromatic N) is 2. The molecule has 0 spiro atoms. The summed E-state index contributed by atoms with van der Waals surface area (Å²) in [5.74, 6) is 0.402. The van der Waals surface area contributed by atoms with Crippen molar-refractivity contribution in [1.82, 2.24) is 9.97 Å². The summed E-state index contributed by atoms with van der Waals surface area (Å²) in [5.41, 5.74) is 2.40. The molecule has 0 radical (unpaired) electrons. The van der Waals surface area contributed by atoms with Gasteiger partial charge in [-0.25, -0.2) is 26.8 Å². The second-order valence-electron chi connectivity index (χ2n) is 6.71. The van der Waals surface area contributed by atoms with E-state index in [2.05, 4.69) is 15.3 Å². The predicted octanol–water partition coefficient (Wildman–Crippen LogP) is 2.81. The Morgan fingerprint density at radius 1 is 0.828 bits per heavy atom. The zero-order chi connectivity index (χ0) is 21.1. The van der Waals surface area contributed by atoms with Crippen molar-refractivity contribution in [3.63, 3.8) is 0 Å². The highest BCUT2D eigenvalue weighted by molar-refractivity contribution is 7.91. The fraction of sp³-hybridized carbons (Fsp3) is 0.200. The summed E-state index contributed by atoms with van der Waals surface area (Å²) >= 11 is 0. The Labute approximate surface area is 170 Å². The largest absolute Gasteiger partial charge is 0.324 e. The molecule has 1 aromatic heterocycles. The molecule has 0 fully saturated rings. The summed E-state index contributed by atoms with van der Waals surface area (Å²) in [6, 6.07) is 15.0. The van der Waals surface area contributed by atoms with E-state index in [1.807, 2.05) is 6.07 Å². The molecule has 0 aliphatic carbocycles. The van der Waals surface area contributed by atoms with Gasteiger partial charge in [-0.3, -0.25) is 0 Å². The molecule has 9 heteroatoms. The lowest BCUT2D eigenvalue weighted by atomic mass is 10.1. The van der Waals surface area contributed by atoms with Crippen LogP contribution in [0.4, 0.5) is 11.6 Å². The Bertz CT molecular complexity index is 1220. The third-order valence-corrected chi connectivity index (χ3v) is 6.49. The smallest absolute Gasteiger partial charge is 0.227 e. The molecular weight excluding hydrogens is 410 g/mol. The van der Waals surface area contributed by atoms with Crippen molar-refractivity contribution < 1.29 is 16.8 Å². The molecule has 0 saturated carbocycles. The highest BCUT2D eigenvalue weighted by atomic mass is 32.2. The first-order valence-corrected chi connectivity index (χ1v) is 12.6. The van der Waals surface area contributed by atoms with Gasteiger partial charge in [-0.2, -0.15) is 0 Å². The highest BCUT2D eigenvalue weighted by Crippen LogP contribution is 2.17. The molecule has 0 bridgehead atoms. The van der Waals surface area contributed by atoms with Gasteiger partial charge in [0.2, 0.25) is 5.95 Å². The molecule has 0 aliphatic rings. The quantitative estimate of drug-likeness (QED) is 0.613. The van der Waals surface area contributed by atoms with E-state index >= 15 is 0 Å². The van der Waals surface area contributed by atoms with Crippen LogP contribution in [0.3, 0.4) is 0 Å². The first-order chi connectivity index (χ1) is 13.6. The van der Waals surface area contributed by atoms with Crippen molar-refractivity contribution in [2.45, 2.75) is 22.6 Å². The van der Waals surface area contributed by atoms with Crippen LogP contribution in [0.15, 0.2) is 70.6 Å². The molecule has 29 heavy (non-hydrogen) atoms. The van der Waals surface area contributed by atoms with Crippen molar-refractivity contribution in [3.05, 3.63) is 72.1 Å². The monoisotopic (exact) mass is 431 g/mol. The molecule has 1 N–H and O–H groups in total. The summed E-state index contributed by atoms with van der Waals surface area (Å²) < 4.78 is 46.4. The number of benzene rings is 2. The van der Waals surface area contributed by atoms with Crippen molar-refractivity contribution in [3.8, 4) is 0 Å².